The van der Waals surface area contributed by atoms with Crippen LogP contribution < -0.4 is 15.0 Å². The van der Waals surface area contributed by atoms with Crippen LogP contribution in [0.4, 0.5) is 15.8 Å². The van der Waals surface area contributed by atoms with Crippen molar-refractivity contribution in [1.82, 2.24) is 14.3 Å². The Bertz CT molecular complexity index is 1240. The van der Waals surface area contributed by atoms with Crippen LogP contribution >= 0.6 is 11.5 Å². The SMILES string of the molecule is Cc1ccc(Oc2ccc(Cc3nsc(N4CCCN(C(=O)Nc5ccco5)CC4)n3)cc2)cc1. The van der Waals surface area contributed by atoms with Crippen molar-refractivity contribution in [3.05, 3.63) is 83.9 Å². The monoisotopic (exact) mass is 489 g/mol. The molecule has 0 bridgehead atoms. The summed E-state index contributed by atoms with van der Waals surface area (Å²) in [6.07, 6.45) is 3.07. The molecule has 2 aromatic carbocycles. The first kappa shape index (κ1) is 22.9. The van der Waals surface area contributed by atoms with E-state index in [1.807, 2.05) is 53.4 Å². The van der Waals surface area contributed by atoms with E-state index in [0.29, 0.717) is 31.9 Å². The van der Waals surface area contributed by atoms with E-state index in [0.717, 1.165) is 41.0 Å². The summed E-state index contributed by atoms with van der Waals surface area (Å²) in [5.74, 6) is 2.88. The van der Waals surface area contributed by atoms with E-state index in [4.69, 9.17) is 14.1 Å². The third kappa shape index (κ3) is 5.99. The largest absolute Gasteiger partial charge is 0.457 e. The molecule has 1 aliphatic heterocycles. The highest BCUT2D eigenvalue weighted by Crippen LogP contribution is 2.24. The number of hydrogen-bond donors (Lipinski definition) is 1. The van der Waals surface area contributed by atoms with E-state index < -0.39 is 0 Å². The van der Waals surface area contributed by atoms with Crippen molar-refractivity contribution in [2.45, 2.75) is 19.8 Å². The average molecular weight is 490 g/mol. The molecular weight excluding hydrogens is 462 g/mol. The first-order valence-electron chi connectivity index (χ1n) is 11.6. The van der Waals surface area contributed by atoms with Crippen molar-refractivity contribution in [1.29, 1.82) is 0 Å². The number of anilines is 2. The van der Waals surface area contributed by atoms with E-state index in [1.54, 1.807) is 18.4 Å². The lowest BCUT2D eigenvalue weighted by atomic mass is 10.1. The zero-order valence-electron chi connectivity index (χ0n) is 19.5. The van der Waals surface area contributed by atoms with Gasteiger partial charge in [0.25, 0.3) is 0 Å². The third-order valence-electron chi connectivity index (χ3n) is 5.80. The van der Waals surface area contributed by atoms with E-state index >= 15 is 0 Å². The molecule has 0 atom stereocenters. The second-order valence-electron chi connectivity index (χ2n) is 8.46. The fourth-order valence-corrected chi connectivity index (χ4v) is 4.63. The number of carbonyl (C=O) groups excluding carboxylic acids is 1. The number of amides is 2. The molecule has 180 valence electrons. The number of ether oxygens (including phenoxy) is 1. The number of rotatable bonds is 6. The van der Waals surface area contributed by atoms with Gasteiger partial charge < -0.3 is 19.0 Å². The normalized spacial score (nSPS) is 14.0. The minimum absolute atomic E-state index is 0.144. The van der Waals surface area contributed by atoms with Crippen molar-refractivity contribution in [3.63, 3.8) is 0 Å². The zero-order valence-corrected chi connectivity index (χ0v) is 20.3. The predicted molar refractivity (Wildman–Crippen MR) is 137 cm³/mol. The van der Waals surface area contributed by atoms with Crippen LogP contribution in [0, 0.1) is 6.92 Å². The van der Waals surface area contributed by atoms with Crippen molar-refractivity contribution in [3.8, 4) is 11.5 Å². The Morgan fingerprint density at radius 1 is 1.03 bits per heavy atom. The minimum Gasteiger partial charge on any atom is -0.457 e. The molecule has 0 spiro atoms. The Hall–Kier alpha value is -3.85. The average Bonchev–Trinajstić information content (AvgIpc) is 3.48. The van der Waals surface area contributed by atoms with Gasteiger partial charge in [-0.25, -0.2) is 9.78 Å². The summed E-state index contributed by atoms with van der Waals surface area (Å²) in [7, 11) is 0. The maximum atomic E-state index is 12.5. The number of urea groups is 1. The summed E-state index contributed by atoms with van der Waals surface area (Å²) < 4.78 is 15.7. The van der Waals surface area contributed by atoms with Crippen LogP contribution in [0.1, 0.15) is 23.4 Å². The topological polar surface area (TPSA) is 83.7 Å². The van der Waals surface area contributed by atoms with Gasteiger partial charge in [0.1, 0.15) is 17.3 Å². The van der Waals surface area contributed by atoms with Gasteiger partial charge in [-0.1, -0.05) is 29.8 Å². The molecular formula is C26H27N5O3S. The highest BCUT2D eigenvalue weighted by atomic mass is 32.1. The van der Waals surface area contributed by atoms with Crippen molar-refractivity contribution < 1.29 is 13.9 Å². The second kappa shape index (κ2) is 10.6. The maximum absolute atomic E-state index is 12.5. The van der Waals surface area contributed by atoms with E-state index in [-0.39, 0.29) is 6.03 Å². The lowest BCUT2D eigenvalue weighted by molar-refractivity contribution is 0.214. The standard InChI is InChI=1S/C26H27N5O3S/c1-19-5-9-21(10-6-19)34-22-11-7-20(8-12-22)18-23-27-26(35-29-23)31-14-3-13-30(15-16-31)25(32)28-24-4-2-17-33-24/h2,4-12,17H,3,13-16,18H2,1H3,(H,28,32). The molecule has 1 saturated heterocycles. The van der Waals surface area contributed by atoms with Crippen LogP contribution in [-0.2, 0) is 6.42 Å². The Morgan fingerprint density at radius 2 is 1.80 bits per heavy atom. The molecule has 1 N–H and O–H groups in total. The molecule has 9 heteroatoms. The van der Waals surface area contributed by atoms with Gasteiger partial charge in [0.15, 0.2) is 0 Å². The van der Waals surface area contributed by atoms with Crippen LogP contribution in [0.2, 0.25) is 0 Å². The van der Waals surface area contributed by atoms with Gasteiger partial charge in [-0.15, -0.1) is 0 Å². The van der Waals surface area contributed by atoms with Crippen LogP contribution in [0.15, 0.2) is 71.3 Å². The number of furan rings is 1. The van der Waals surface area contributed by atoms with Crippen LogP contribution in [0.25, 0.3) is 0 Å². The quantitative estimate of drug-likeness (QED) is 0.381. The van der Waals surface area contributed by atoms with Crippen molar-refractivity contribution >= 4 is 28.6 Å². The molecule has 0 radical (unpaired) electrons. The smallest absolute Gasteiger partial charge is 0.324 e. The number of hydrogen-bond acceptors (Lipinski definition) is 7. The summed E-state index contributed by atoms with van der Waals surface area (Å²) >= 11 is 1.41. The zero-order chi connectivity index (χ0) is 24.0. The van der Waals surface area contributed by atoms with Crippen molar-refractivity contribution in [2.75, 3.05) is 36.4 Å². The number of nitrogens with zero attached hydrogens (tertiary/aromatic N) is 4. The first-order chi connectivity index (χ1) is 17.1. The molecule has 5 rings (SSSR count). The molecule has 8 nitrogen and oxygen atoms in total. The number of aryl methyl sites for hydroxylation is 1. The Kier molecular flexibility index (Phi) is 6.94. The highest BCUT2D eigenvalue weighted by Gasteiger charge is 2.22. The van der Waals surface area contributed by atoms with Gasteiger partial charge in [0.2, 0.25) is 11.0 Å². The lowest BCUT2D eigenvalue weighted by Crippen LogP contribution is -2.38. The summed E-state index contributed by atoms with van der Waals surface area (Å²) in [6.45, 7) is 4.91. The number of carbonyl (C=O) groups is 1. The summed E-state index contributed by atoms with van der Waals surface area (Å²) in [5.41, 5.74) is 2.33. The van der Waals surface area contributed by atoms with E-state index in [2.05, 4.69) is 21.5 Å². The number of benzene rings is 2. The molecule has 1 fully saturated rings. The highest BCUT2D eigenvalue weighted by molar-refractivity contribution is 7.09. The van der Waals surface area contributed by atoms with Gasteiger partial charge in [-0.3, -0.25) is 5.32 Å². The lowest BCUT2D eigenvalue weighted by Gasteiger charge is -2.21. The molecule has 3 heterocycles. The summed E-state index contributed by atoms with van der Waals surface area (Å²) in [6, 6.07) is 19.4. The minimum atomic E-state index is -0.144. The molecule has 0 unspecified atom stereocenters. The molecule has 1 aliphatic rings. The Labute approximate surface area is 208 Å². The Balaban J connectivity index is 1.15. The summed E-state index contributed by atoms with van der Waals surface area (Å²) in [4.78, 5) is 21.3. The number of nitrogens with one attached hydrogen (secondary N) is 1. The molecule has 2 aromatic heterocycles. The Morgan fingerprint density at radius 3 is 2.54 bits per heavy atom. The van der Waals surface area contributed by atoms with Gasteiger partial charge in [0.05, 0.1) is 6.26 Å². The molecule has 2 amide bonds. The van der Waals surface area contributed by atoms with Crippen LogP contribution in [0.3, 0.4) is 0 Å². The van der Waals surface area contributed by atoms with Gasteiger partial charge >= 0.3 is 6.03 Å². The van der Waals surface area contributed by atoms with Gasteiger partial charge in [0, 0.05) is 50.2 Å². The van der Waals surface area contributed by atoms with Crippen LogP contribution in [-0.4, -0.2) is 46.5 Å². The molecule has 35 heavy (non-hydrogen) atoms. The van der Waals surface area contributed by atoms with Crippen LogP contribution in [0.5, 0.6) is 11.5 Å². The molecule has 4 aromatic rings. The summed E-state index contributed by atoms with van der Waals surface area (Å²) in [5, 5.41) is 3.69. The predicted octanol–water partition coefficient (Wildman–Crippen LogP) is 5.57. The molecule has 0 aliphatic carbocycles. The fourth-order valence-electron chi connectivity index (χ4n) is 3.89. The molecule has 0 saturated carbocycles. The van der Waals surface area contributed by atoms with E-state index in [9.17, 15) is 4.79 Å². The van der Waals surface area contributed by atoms with Gasteiger partial charge in [-0.2, -0.15) is 4.37 Å². The van der Waals surface area contributed by atoms with Gasteiger partial charge in [-0.05, 0) is 49.2 Å². The first-order valence-corrected chi connectivity index (χ1v) is 12.4. The second-order valence-corrected chi connectivity index (χ2v) is 9.19. The van der Waals surface area contributed by atoms with E-state index in [1.165, 1.54) is 17.1 Å². The number of aromatic nitrogens is 2. The van der Waals surface area contributed by atoms with Crippen molar-refractivity contribution in [2.24, 2.45) is 0 Å². The third-order valence-corrected chi connectivity index (χ3v) is 6.62. The fraction of sp³-hybridized carbons (Fsp3) is 0.269. The maximum Gasteiger partial charge on any atom is 0.324 e.